The van der Waals surface area contributed by atoms with Gasteiger partial charge in [0.25, 0.3) is 0 Å². The molecule has 112 valence electrons. The number of carbonyl (C=O) groups is 1. The maximum Gasteiger partial charge on any atom is 0.416 e. The zero-order valence-electron chi connectivity index (χ0n) is 11.6. The molecule has 0 bridgehead atoms. The Bertz CT molecular complexity index is 427. The van der Waals surface area contributed by atoms with E-state index in [-0.39, 0.29) is 11.8 Å². The fourth-order valence-corrected chi connectivity index (χ4v) is 1.52. The second kappa shape index (κ2) is 7.28. The normalized spacial score (nSPS) is 11.7. The molecule has 0 heterocycles. The zero-order chi connectivity index (χ0) is 15.2. The Labute approximate surface area is 116 Å². The molecule has 1 aromatic carbocycles. The van der Waals surface area contributed by atoms with Crippen LogP contribution in [-0.4, -0.2) is 19.0 Å². The highest BCUT2D eigenvalue weighted by Gasteiger charge is 2.29. The summed E-state index contributed by atoms with van der Waals surface area (Å²) in [5.74, 6) is -0.0637. The molecular formula is C14H19F3N2O. The van der Waals surface area contributed by atoms with Gasteiger partial charge in [0, 0.05) is 25.6 Å². The number of hydrogen-bond acceptors (Lipinski definition) is 2. The Hall–Kier alpha value is -1.56. The van der Waals surface area contributed by atoms with Gasteiger partial charge in [0.15, 0.2) is 0 Å². The molecule has 0 saturated carbocycles. The van der Waals surface area contributed by atoms with Crippen molar-refractivity contribution in [3.63, 3.8) is 0 Å². The van der Waals surface area contributed by atoms with Crippen molar-refractivity contribution in [1.29, 1.82) is 0 Å². The summed E-state index contributed by atoms with van der Waals surface area (Å²) in [4.78, 5) is 11.3. The van der Waals surface area contributed by atoms with E-state index in [0.717, 1.165) is 17.7 Å². The van der Waals surface area contributed by atoms with Crippen LogP contribution in [-0.2, 0) is 17.5 Å². The van der Waals surface area contributed by atoms with Crippen molar-refractivity contribution in [2.45, 2.75) is 26.6 Å². The number of halogens is 3. The molecule has 1 amide bonds. The van der Waals surface area contributed by atoms with Gasteiger partial charge in [-0.2, -0.15) is 13.2 Å². The molecule has 0 aliphatic carbocycles. The molecule has 0 aromatic heterocycles. The molecular weight excluding hydrogens is 269 g/mol. The number of amides is 1. The van der Waals surface area contributed by atoms with Crippen molar-refractivity contribution in [1.82, 2.24) is 10.6 Å². The van der Waals surface area contributed by atoms with Crippen LogP contribution in [0.4, 0.5) is 13.2 Å². The van der Waals surface area contributed by atoms with Crippen molar-refractivity contribution in [2.24, 2.45) is 5.92 Å². The number of hydrogen-bond donors (Lipinski definition) is 2. The summed E-state index contributed by atoms with van der Waals surface area (Å²) in [6.45, 7) is 5.16. The van der Waals surface area contributed by atoms with E-state index in [2.05, 4.69) is 10.6 Å². The Balaban J connectivity index is 2.28. The second-order valence-corrected chi connectivity index (χ2v) is 4.82. The molecule has 0 radical (unpaired) electrons. The number of alkyl halides is 3. The van der Waals surface area contributed by atoms with Crippen molar-refractivity contribution in [3.05, 3.63) is 35.4 Å². The number of nitrogens with one attached hydrogen (secondary N) is 2. The van der Waals surface area contributed by atoms with E-state index < -0.39 is 11.7 Å². The highest BCUT2D eigenvalue weighted by molar-refractivity contribution is 5.77. The molecule has 0 atom stereocenters. The highest BCUT2D eigenvalue weighted by atomic mass is 19.4. The van der Waals surface area contributed by atoms with E-state index in [1.54, 1.807) is 0 Å². The molecule has 0 aliphatic rings. The first-order chi connectivity index (χ1) is 9.30. The van der Waals surface area contributed by atoms with Crippen LogP contribution in [0.5, 0.6) is 0 Å². The number of rotatable bonds is 6. The summed E-state index contributed by atoms with van der Waals surface area (Å²) in [5, 5.41) is 5.81. The summed E-state index contributed by atoms with van der Waals surface area (Å²) in [7, 11) is 0. The summed E-state index contributed by atoms with van der Waals surface area (Å²) in [5.41, 5.74) is 0.124. The first kappa shape index (κ1) is 16.5. The van der Waals surface area contributed by atoms with Gasteiger partial charge in [-0.3, -0.25) is 4.79 Å². The fourth-order valence-electron chi connectivity index (χ4n) is 1.52. The third-order valence-electron chi connectivity index (χ3n) is 2.74. The van der Waals surface area contributed by atoms with Crippen LogP contribution in [0.25, 0.3) is 0 Å². The minimum Gasteiger partial charge on any atom is -0.355 e. The molecule has 1 aromatic rings. The highest BCUT2D eigenvalue weighted by Crippen LogP contribution is 2.28. The fraction of sp³-hybridized carbons (Fsp3) is 0.500. The predicted octanol–water partition coefficient (Wildman–Crippen LogP) is 2.57. The summed E-state index contributed by atoms with van der Waals surface area (Å²) in [6.07, 6.45) is -4.30. The lowest BCUT2D eigenvalue weighted by Gasteiger charge is -2.10. The van der Waals surface area contributed by atoms with Crippen LogP contribution < -0.4 is 10.6 Å². The topological polar surface area (TPSA) is 41.1 Å². The molecule has 20 heavy (non-hydrogen) atoms. The van der Waals surface area contributed by atoms with E-state index in [0.29, 0.717) is 19.6 Å². The summed E-state index contributed by atoms with van der Waals surface area (Å²) < 4.78 is 37.1. The van der Waals surface area contributed by atoms with Crippen LogP contribution >= 0.6 is 0 Å². The Morgan fingerprint density at radius 2 is 1.75 bits per heavy atom. The largest absolute Gasteiger partial charge is 0.416 e. The lowest BCUT2D eigenvalue weighted by atomic mass is 10.1. The Morgan fingerprint density at radius 1 is 1.15 bits per heavy atom. The third-order valence-corrected chi connectivity index (χ3v) is 2.74. The van der Waals surface area contributed by atoms with Gasteiger partial charge in [-0.05, 0) is 17.7 Å². The van der Waals surface area contributed by atoms with Crippen molar-refractivity contribution < 1.29 is 18.0 Å². The first-order valence-electron chi connectivity index (χ1n) is 6.45. The summed E-state index contributed by atoms with van der Waals surface area (Å²) in [6, 6.07) is 5.03. The molecule has 0 unspecified atom stereocenters. The second-order valence-electron chi connectivity index (χ2n) is 4.82. The van der Waals surface area contributed by atoms with Crippen LogP contribution in [0.1, 0.15) is 25.0 Å². The van der Waals surface area contributed by atoms with Gasteiger partial charge >= 0.3 is 6.18 Å². The van der Waals surface area contributed by atoms with Gasteiger partial charge < -0.3 is 10.6 Å². The number of carbonyl (C=O) groups excluding carboxylic acids is 1. The van der Waals surface area contributed by atoms with Gasteiger partial charge in [-0.15, -0.1) is 0 Å². The predicted molar refractivity (Wildman–Crippen MR) is 71.0 cm³/mol. The average molecular weight is 288 g/mol. The zero-order valence-corrected chi connectivity index (χ0v) is 11.6. The van der Waals surface area contributed by atoms with Crippen molar-refractivity contribution >= 4 is 5.91 Å². The quantitative estimate of drug-likeness (QED) is 0.790. The van der Waals surface area contributed by atoms with E-state index in [1.807, 2.05) is 13.8 Å². The van der Waals surface area contributed by atoms with Gasteiger partial charge in [0.1, 0.15) is 0 Å². The average Bonchev–Trinajstić information content (AvgIpc) is 2.37. The van der Waals surface area contributed by atoms with E-state index in [9.17, 15) is 18.0 Å². The van der Waals surface area contributed by atoms with Gasteiger partial charge in [-0.25, -0.2) is 0 Å². The lowest BCUT2D eigenvalue weighted by molar-refractivity contribution is -0.137. The number of benzene rings is 1. The van der Waals surface area contributed by atoms with Crippen molar-refractivity contribution in [3.8, 4) is 0 Å². The SMILES string of the molecule is CC(C)C(=O)NCCNCc1ccc(C(F)(F)F)cc1. The van der Waals surface area contributed by atoms with Crippen LogP contribution in [0.3, 0.4) is 0 Å². The van der Waals surface area contributed by atoms with Crippen molar-refractivity contribution in [2.75, 3.05) is 13.1 Å². The molecule has 1 rings (SSSR count). The maximum absolute atomic E-state index is 12.4. The monoisotopic (exact) mass is 288 g/mol. The first-order valence-corrected chi connectivity index (χ1v) is 6.45. The minimum absolute atomic E-state index is 0.0127. The van der Waals surface area contributed by atoms with Gasteiger partial charge in [0.05, 0.1) is 5.56 Å². The van der Waals surface area contributed by atoms with Gasteiger partial charge in [0.2, 0.25) is 5.91 Å². The molecule has 0 spiro atoms. The van der Waals surface area contributed by atoms with Crippen LogP contribution in [0.2, 0.25) is 0 Å². The molecule has 0 aliphatic heterocycles. The minimum atomic E-state index is -4.30. The maximum atomic E-state index is 12.4. The third kappa shape index (κ3) is 5.61. The van der Waals surface area contributed by atoms with E-state index in [4.69, 9.17) is 0 Å². The standard InChI is InChI=1S/C14H19F3N2O/c1-10(2)13(20)19-8-7-18-9-11-3-5-12(6-4-11)14(15,16)17/h3-6,10,18H,7-9H2,1-2H3,(H,19,20). The molecule has 0 saturated heterocycles. The summed E-state index contributed by atoms with van der Waals surface area (Å²) >= 11 is 0. The Kier molecular flexibility index (Phi) is 6.01. The molecule has 2 N–H and O–H groups in total. The van der Waals surface area contributed by atoms with Crippen LogP contribution in [0, 0.1) is 5.92 Å². The van der Waals surface area contributed by atoms with E-state index in [1.165, 1.54) is 12.1 Å². The molecule has 0 fully saturated rings. The molecule has 6 heteroatoms. The van der Waals surface area contributed by atoms with E-state index >= 15 is 0 Å². The van der Waals surface area contributed by atoms with Crippen LogP contribution in [0.15, 0.2) is 24.3 Å². The van der Waals surface area contributed by atoms with Gasteiger partial charge in [-0.1, -0.05) is 26.0 Å². The molecule has 3 nitrogen and oxygen atoms in total. The lowest BCUT2D eigenvalue weighted by Crippen LogP contribution is -2.34. The smallest absolute Gasteiger partial charge is 0.355 e. The Morgan fingerprint density at radius 3 is 2.25 bits per heavy atom.